The van der Waals surface area contributed by atoms with Gasteiger partial charge in [-0.25, -0.2) is 0 Å². The van der Waals surface area contributed by atoms with Gasteiger partial charge in [0.1, 0.15) is 17.2 Å². The molecule has 2 atom stereocenters. The van der Waals surface area contributed by atoms with E-state index >= 15 is 0 Å². The summed E-state index contributed by atoms with van der Waals surface area (Å²) in [6.45, 7) is 6.46. The first-order chi connectivity index (χ1) is 12.6. The second-order valence-corrected chi connectivity index (χ2v) is 5.92. The molecule has 0 aliphatic heterocycles. The first kappa shape index (κ1) is 19.6. The highest BCUT2D eigenvalue weighted by Crippen LogP contribution is 2.20. The third-order valence-electron chi connectivity index (χ3n) is 4.05. The van der Waals surface area contributed by atoms with Gasteiger partial charge in [0, 0.05) is 0 Å². The number of hydrogen-bond acceptors (Lipinski definition) is 4. The Morgan fingerprint density at radius 2 is 1.54 bits per heavy atom. The molecule has 0 aromatic heterocycles. The summed E-state index contributed by atoms with van der Waals surface area (Å²) in [6, 6.07) is 14.8. The van der Waals surface area contributed by atoms with E-state index in [1.54, 1.807) is 19.2 Å². The van der Waals surface area contributed by atoms with Crippen LogP contribution in [-0.4, -0.2) is 25.7 Å². The molecular weight excluding hydrogens is 330 g/mol. The van der Waals surface area contributed by atoms with Gasteiger partial charge in [0.05, 0.1) is 19.8 Å². The SMILES string of the molecule is CCOc1ccc([C@@H](C)NC(=O)[C@@H](CC)Oc2ccc(OC)cc2)cc1. The second kappa shape index (κ2) is 9.70. The molecule has 0 unspecified atom stereocenters. The lowest BCUT2D eigenvalue weighted by Crippen LogP contribution is -2.39. The quantitative estimate of drug-likeness (QED) is 0.733. The van der Waals surface area contributed by atoms with E-state index in [9.17, 15) is 4.79 Å². The van der Waals surface area contributed by atoms with E-state index in [0.717, 1.165) is 17.1 Å². The van der Waals surface area contributed by atoms with Gasteiger partial charge < -0.3 is 19.5 Å². The van der Waals surface area contributed by atoms with E-state index < -0.39 is 6.10 Å². The summed E-state index contributed by atoms with van der Waals surface area (Å²) in [5.41, 5.74) is 1.01. The molecule has 1 amide bonds. The average molecular weight is 357 g/mol. The zero-order valence-corrected chi connectivity index (χ0v) is 15.8. The number of methoxy groups -OCH3 is 1. The van der Waals surface area contributed by atoms with Crippen LogP contribution in [0.25, 0.3) is 0 Å². The first-order valence-corrected chi connectivity index (χ1v) is 8.91. The minimum Gasteiger partial charge on any atom is -0.497 e. The van der Waals surface area contributed by atoms with E-state index in [-0.39, 0.29) is 11.9 Å². The highest BCUT2D eigenvalue weighted by Gasteiger charge is 2.20. The highest BCUT2D eigenvalue weighted by molar-refractivity contribution is 5.81. The second-order valence-electron chi connectivity index (χ2n) is 5.92. The largest absolute Gasteiger partial charge is 0.497 e. The lowest BCUT2D eigenvalue weighted by molar-refractivity contribution is -0.128. The number of ether oxygens (including phenoxy) is 3. The van der Waals surface area contributed by atoms with Crippen LogP contribution >= 0.6 is 0 Å². The Morgan fingerprint density at radius 3 is 2.08 bits per heavy atom. The Bertz CT molecular complexity index is 682. The van der Waals surface area contributed by atoms with Gasteiger partial charge in [-0.2, -0.15) is 0 Å². The Kier molecular flexibility index (Phi) is 7.33. The van der Waals surface area contributed by atoms with Crippen molar-refractivity contribution < 1.29 is 19.0 Å². The Hall–Kier alpha value is -2.69. The van der Waals surface area contributed by atoms with Gasteiger partial charge in [0.25, 0.3) is 5.91 Å². The molecule has 0 saturated heterocycles. The third-order valence-corrected chi connectivity index (χ3v) is 4.05. The molecule has 0 heterocycles. The molecule has 2 aromatic rings. The number of carbonyl (C=O) groups excluding carboxylic acids is 1. The molecule has 140 valence electrons. The van der Waals surface area contributed by atoms with Crippen LogP contribution in [0.3, 0.4) is 0 Å². The smallest absolute Gasteiger partial charge is 0.261 e. The summed E-state index contributed by atoms with van der Waals surface area (Å²) in [7, 11) is 1.61. The summed E-state index contributed by atoms with van der Waals surface area (Å²) in [5.74, 6) is 2.08. The minimum absolute atomic E-state index is 0.119. The minimum atomic E-state index is -0.548. The lowest BCUT2D eigenvalue weighted by Gasteiger charge is -2.21. The van der Waals surface area contributed by atoms with Crippen LogP contribution in [0, 0.1) is 0 Å². The highest BCUT2D eigenvalue weighted by atomic mass is 16.5. The monoisotopic (exact) mass is 357 g/mol. The van der Waals surface area contributed by atoms with Crippen molar-refractivity contribution in [2.24, 2.45) is 0 Å². The molecule has 5 heteroatoms. The molecule has 0 saturated carbocycles. The van der Waals surface area contributed by atoms with Gasteiger partial charge in [-0.15, -0.1) is 0 Å². The number of amides is 1. The maximum Gasteiger partial charge on any atom is 0.261 e. The average Bonchev–Trinajstić information content (AvgIpc) is 2.67. The standard InChI is InChI=1S/C21H27NO4/c1-5-20(26-19-13-11-17(24-4)12-14-19)21(23)22-15(3)16-7-9-18(10-8-16)25-6-2/h7-15,20H,5-6H2,1-4H3,(H,22,23)/t15-,20-/m1/s1. The van der Waals surface area contributed by atoms with Gasteiger partial charge in [0.15, 0.2) is 6.10 Å². The van der Waals surface area contributed by atoms with Crippen LogP contribution in [0.1, 0.15) is 38.8 Å². The van der Waals surface area contributed by atoms with E-state index in [1.807, 2.05) is 57.2 Å². The van der Waals surface area contributed by atoms with Gasteiger partial charge in [-0.3, -0.25) is 4.79 Å². The summed E-state index contributed by atoms with van der Waals surface area (Å²) in [5, 5.41) is 3.01. The van der Waals surface area contributed by atoms with Gasteiger partial charge in [0.2, 0.25) is 0 Å². The van der Waals surface area contributed by atoms with Crippen LogP contribution in [0.15, 0.2) is 48.5 Å². The number of nitrogens with one attached hydrogen (secondary N) is 1. The molecule has 1 N–H and O–H groups in total. The van der Waals surface area contributed by atoms with Crippen molar-refractivity contribution in [1.82, 2.24) is 5.32 Å². The number of benzene rings is 2. The summed E-state index contributed by atoms with van der Waals surface area (Å²) < 4.78 is 16.4. The first-order valence-electron chi connectivity index (χ1n) is 8.91. The number of hydrogen-bond donors (Lipinski definition) is 1. The molecule has 2 aromatic carbocycles. The van der Waals surface area contributed by atoms with E-state index in [1.165, 1.54) is 0 Å². The molecule has 2 rings (SSSR count). The van der Waals surface area contributed by atoms with Crippen molar-refractivity contribution >= 4 is 5.91 Å². The fourth-order valence-corrected chi connectivity index (χ4v) is 2.55. The van der Waals surface area contributed by atoms with Crippen molar-refractivity contribution in [3.05, 3.63) is 54.1 Å². The van der Waals surface area contributed by atoms with Crippen molar-refractivity contribution in [2.75, 3.05) is 13.7 Å². The Balaban J connectivity index is 1.96. The van der Waals surface area contributed by atoms with Crippen LogP contribution in [-0.2, 0) is 4.79 Å². The molecule has 0 radical (unpaired) electrons. The maximum atomic E-state index is 12.6. The maximum absolute atomic E-state index is 12.6. The van der Waals surface area contributed by atoms with E-state index in [2.05, 4.69) is 5.32 Å². The molecule has 0 aliphatic rings. The van der Waals surface area contributed by atoms with Crippen LogP contribution in [0.5, 0.6) is 17.2 Å². The van der Waals surface area contributed by atoms with Crippen molar-refractivity contribution in [3.8, 4) is 17.2 Å². The fourth-order valence-electron chi connectivity index (χ4n) is 2.55. The zero-order valence-electron chi connectivity index (χ0n) is 15.8. The molecular formula is C21H27NO4. The molecule has 0 spiro atoms. The predicted molar refractivity (Wildman–Crippen MR) is 102 cm³/mol. The summed E-state index contributed by atoms with van der Waals surface area (Å²) in [6.07, 6.45) is 0.0296. The summed E-state index contributed by atoms with van der Waals surface area (Å²) in [4.78, 5) is 12.6. The van der Waals surface area contributed by atoms with Gasteiger partial charge in [-0.05, 0) is 62.2 Å². The fraction of sp³-hybridized carbons (Fsp3) is 0.381. The molecule has 0 bridgehead atoms. The topological polar surface area (TPSA) is 56.8 Å². The molecule has 0 fully saturated rings. The lowest BCUT2D eigenvalue weighted by atomic mass is 10.1. The van der Waals surface area contributed by atoms with Crippen molar-refractivity contribution in [1.29, 1.82) is 0 Å². The van der Waals surface area contributed by atoms with E-state index in [4.69, 9.17) is 14.2 Å². The van der Waals surface area contributed by atoms with E-state index in [0.29, 0.717) is 18.8 Å². The van der Waals surface area contributed by atoms with Crippen LogP contribution in [0.4, 0.5) is 0 Å². The predicted octanol–water partition coefficient (Wildman–Crippen LogP) is 4.13. The Labute approximate surface area is 155 Å². The van der Waals surface area contributed by atoms with Gasteiger partial charge in [-0.1, -0.05) is 19.1 Å². The van der Waals surface area contributed by atoms with Crippen LogP contribution in [0.2, 0.25) is 0 Å². The number of rotatable bonds is 9. The number of carbonyl (C=O) groups is 1. The summed E-state index contributed by atoms with van der Waals surface area (Å²) >= 11 is 0. The van der Waals surface area contributed by atoms with Gasteiger partial charge >= 0.3 is 0 Å². The molecule has 0 aliphatic carbocycles. The van der Waals surface area contributed by atoms with Crippen LogP contribution < -0.4 is 19.5 Å². The normalized spacial score (nSPS) is 12.8. The third kappa shape index (κ3) is 5.41. The van der Waals surface area contributed by atoms with Crippen molar-refractivity contribution in [2.45, 2.75) is 39.3 Å². The molecule has 26 heavy (non-hydrogen) atoms. The Morgan fingerprint density at radius 1 is 0.962 bits per heavy atom. The van der Waals surface area contributed by atoms with Crippen molar-refractivity contribution in [3.63, 3.8) is 0 Å². The molecule has 5 nitrogen and oxygen atoms in total. The zero-order chi connectivity index (χ0) is 18.9.